The van der Waals surface area contributed by atoms with E-state index >= 15 is 0 Å². The fourth-order valence-electron chi connectivity index (χ4n) is 2.15. The molecule has 0 saturated carbocycles. The zero-order chi connectivity index (χ0) is 17.8. The van der Waals surface area contributed by atoms with Gasteiger partial charge >= 0.3 is 5.97 Å². The Labute approximate surface area is 151 Å². The molecule has 8 heteroatoms. The van der Waals surface area contributed by atoms with Crippen LogP contribution in [0.1, 0.15) is 0 Å². The number of aromatic nitrogens is 2. The molecular formula is C17H13BrN2O5. The number of hydrogen-bond acceptors (Lipinski definition) is 6. The first-order valence-corrected chi connectivity index (χ1v) is 7.99. The normalized spacial score (nSPS) is 10.5. The highest BCUT2D eigenvalue weighted by molar-refractivity contribution is 9.10. The van der Waals surface area contributed by atoms with Gasteiger partial charge in [0, 0.05) is 10.0 Å². The van der Waals surface area contributed by atoms with E-state index in [4.69, 9.17) is 19.1 Å². The fourth-order valence-corrected chi connectivity index (χ4v) is 2.51. The van der Waals surface area contributed by atoms with E-state index in [9.17, 15) is 4.79 Å². The van der Waals surface area contributed by atoms with Crippen LogP contribution in [-0.2, 0) is 4.79 Å². The average Bonchev–Trinajstić information content (AvgIpc) is 3.10. The summed E-state index contributed by atoms with van der Waals surface area (Å²) in [6, 6.07) is 12.4. The van der Waals surface area contributed by atoms with Crippen molar-refractivity contribution in [3.05, 3.63) is 46.9 Å². The molecule has 0 radical (unpaired) electrons. The molecule has 1 N–H and O–H groups in total. The molecule has 0 aliphatic carbocycles. The van der Waals surface area contributed by atoms with Crippen molar-refractivity contribution in [2.24, 2.45) is 0 Å². The minimum atomic E-state index is -1.07. The Morgan fingerprint density at radius 1 is 1.28 bits per heavy atom. The number of aliphatic carboxylic acids is 1. The lowest BCUT2D eigenvalue weighted by Gasteiger charge is -2.07. The van der Waals surface area contributed by atoms with E-state index in [1.165, 1.54) is 0 Å². The Bertz CT molecular complexity index is 910. The number of methoxy groups -OCH3 is 1. The van der Waals surface area contributed by atoms with E-state index in [2.05, 4.69) is 26.1 Å². The first kappa shape index (κ1) is 17.0. The number of benzene rings is 2. The molecule has 7 nitrogen and oxygen atoms in total. The van der Waals surface area contributed by atoms with Crippen LogP contribution in [0.2, 0.25) is 0 Å². The molecule has 3 aromatic rings. The number of carboxylic acids is 1. The van der Waals surface area contributed by atoms with Gasteiger partial charge in [-0.1, -0.05) is 33.2 Å². The van der Waals surface area contributed by atoms with Gasteiger partial charge in [-0.25, -0.2) is 4.79 Å². The van der Waals surface area contributed by atoms with Gasteiger partial charge in [0.15, 0.2) is 6.61 Å². The van der Waals surface area contributed by atoms with Crippen molar-refractivity contribution < 1.29 is 23.9 Å². The van der Waals surface area contributed by atoms with Gasteiger partial charge in [0.2, 0.25) is 5.82 Å². The Hall–Kier alpha value is -2.87. The highest BCUT2D eigenvalue weighted by Crippen LogP contribution is 2.33. The van der Waals surface area contributed by atoms with Crippen LogP contribution in [0.15, 0.2) is 51.5 Å². The van der Waals surface area contributed by atoms with Crippen LogP contribution in [-0.4, -0.2) is 34.9 Å². The van der Waals surface area contributed by atoms with Gasteiger partial charge < -0.3 is 19.1 Å². The summed E-state index contributed by atoms with van der Waals surface area (Å²) < 4.78 is 16.6. The standard InChI is InChI=1S/C17H13BrN2O5/c1-23-12-4-2-3-10(7-12)16-19-17(25-20-16)13-8-11(18)5-6-14(13)24-9-15(21)22/h2-8H,9H2,1H3,(H,21,22). The van der Waals surface area contributed by atoms with Gasteiger partial charge in [-0.05, 0) is 30.3 Å². The number of carboxylic acid groups (broad SMARTS) is 1. The maximum atomic E-state index is 10.7. The average molecular weight is 405 g/mol. The fraction of sp³-hybridized carbons (Fsp3) is 0.118. The largest absolute Gasteiger partial charge is 0.497 e. The summed E-state index contributed by atoms with van der Waals surface area (Å²) in [7, 11) is 1.58. The molecule has 25 heavy (non-hydrogen) atoms. The quantitative estimate of drug-likeness (QED) is 0.669. The minimum absolute atomic E-state index is 0.222. The molecule has 2 aromatic carbocycles. The summed E-state index contributed by atoms with van der Waals surface area (Å²) in [5, 5.41) is 12.8. The highest BCUT2D eigenvalue weighted by atomic mass is 79.9. The minimum Gasteiger partial charge on any atom is -0.497 e. The predicted octanol–water partition coefficient (Wildman–Crippen LogP) is 3.64. The number of hydrogen-bond donors (Lipinski definition) is 1. The molecule has 1 heterocycles. The maximum absolute atomic E-state index is 10.7. The van der Waals surface area contributed by atoms with E-state index in [1.807, 2.05) is 18.2 Å². The van der Waals surface area contributed by atoms with Crippen LogP contribution in [0.25, 0.3) is 22.8 Å². The van der Waals surface area contributed by atoms with E-state index in [0.29, 0.717) is 22.9 Å². The van der Waals surface area contributed by atoms with E-state index in [0.717, 1.165) is 10.0 Å². The SMILES string of the molecule is COc1cccc(-c2noc(-c3cc(Br)ccc3OCC(=O)O)n2)c1. The van der Waals surface area contributed by atoms with Crippen molar-refractivity contribution in [1.82, 2.24) is 10.1 Å². The first-order chi connectivity index (χ1) is 12.1. The van der Waals surface area contributed by atoms with E-state index in [1.54, 1.807) is 31.4 Å². The molecule has 3 rings (SSSR count). The Morgan fingerprint density at radius 2 is 2.12 bits per heavy atom. The van der Waals surface area contributed by atoms with Crippen molar-refractivity contribution in [2.45, 2.75) is 0 Å². The first-order valence-electron chi connectivity index (χ1n) is 7.19. The molecule has 0 bridgehead atoms. The van der Waals surface area contributed by atoms with Crippen LogP contribution in [0.5, 0.6) is 11.5 Å². The van der Waals surface area contributed by atoms with Gasteiger partial charge in [-0.15, -0.1) is 0 Å². The number of carbonyl (C=O) groups is 1. The highest BCUT2D eigenvalue weighted by Gasteiger charge is 2.17. The second-order valence-corrected chi connectivity index (χ2v) is 5.89. The van der Waals surface area contributed by atoms with Crippen LogP contribution in [0.4, 0.5) is 0 Å². The second-order valence-electron chi connectivity index (χ2n) is 4.98. The molecule has 1 aromatic heterocycles. The maximum Gasteiger partial charge on any atom is 0.341 e. The lowest BCUT2D eigenvalue weighted by molar-refractivity contribution is -0.139. The number of halogens is 1. The molecule has 0 aliphatic rings. The smallest absolute Gasteiger partial charge is 0.341 e. The molecule has 0 unspecified atom stereocenters. The Balaban J connectivity index is 1.96. The lowest BCUT2D eigenvalue weighted by Crippen LogP contribution is -2.10. The second kappa shape index (κ2) is 7.35. The molecule has 128 valence electrons. The van der Waals surface area contributed by atoms with Crippen molar-refractivity contribution >= 4 is 21.9 Å². The predicted molar refractivity (Wildman–Crippen MR) is 92.6 cm³/mol. The van der Waals surface area contributed by atoms with Gasteiger partial charge in [-0.3, -0.25) is 0 Å². The van der Waals surface area contributed by atoms with Crippen LogP contribution < -0.4 is 9.47 Å². The number of ether oxygens (including phenoxy) is 2. The van der Waals surface area contributed by atoms with Gasteiger partial charge in [0.1, 0.15) is 11.5 Å². The van der Waals surface area contributed by atoms with Crippen LogP contribution in [0.3, 0.4) is 0 Å². The summed E-state index contributed by atoms with van der Waals surface area (Å²) in [5.74, 6) is 0.553. The summed E-state index contributed by atoms with van der Waals surface area (Å²) in [6.45, 7) is -0.467. The summed E-state index contributed by atoms with van der Waals surface area (Å²) in [4.78, 5) is 15.1. The monoisotopic (exact) mass is 404 g/mol. The van der Waals surface area contributed by atoms with Gasteiger partial charge in [0.05, 0.1) is 12.7 Å². The Kier molecular flexibility index (Phi) is 4.99. The molecular weight excluding hydrogens is 392 g/mol. The molecule has 0 spiro atoms. The van der Waals surface area contributed by atoms with Gasteiger partial charge in [0.25, 0.3) is 5.89 Å². The zero-order valence-corrected chi connectivity index (χ0v) is 14.7. The topological polar surface area (TPSA) is 94.7 Å². The molecule has 0 amide bonds. The van der Waals surface area contributed by atoms with E-state index in [-0.39, 0.29) is 5.89 Å². The van der Waals surface area contributed by atoms with Crippen LogP contribution >= 0.6 is 15.9 Å². The summed E-state index contributed by atoms with van der Waals surface area (Å²) in [6.07, 6.45) is 0. The van der Waals surface area contributed by atoms with Crippen molar-refractivity contribution in [3.8, 4) is 34.3 Å². The van der Waals surface area contributed by atoms with E-state index < -0.39 is 12.6 Å². The summed E-state index contributed by atoms with van der Waals surface area (Å²) >= 11 is 3.37. The van der Waals surface area contributed by atoms with Crippen molar-refractivity contribution in [3.63, 3.8) is 0 Å². The third kappa shape index (κ3) is 3.97. The molecule has 0 atom stereocenters. The zero-order valence-electron chi connectivity index (χ0n) is 13.1. The Morgan fingerprint density at radius 3 is 2.88 bits per heavy atom. The lowest BCUT2D eigenvalue weighted by atomic mass is 10.2. The third-order valence-electron chi connectivity index (χ3n) is 3.28. The number of rotatable bonds is 6. The third-order valence-corrected chi connectivity index (χ3v) is 3.77. The molecule has 0 aliphatic heterocycles. The molecule has 0 fully saturated rings. The van der Waals surface area contributed by atoms with Gasteiger partial charge in [-0.2, -0.15) is 4.98 Å². The van der Waals surface area contributed by atoms with Crippen molar-refractivity contribution in [2.75, 3.05) is 13.7 Å². The summed E-state index contributed by atoms with van der Waals surface area (Å²) in [5.41, 5.74) is 1.23. The van der Waals surface area contributed by atoms with Crippen molar-refractivity contribution in [1.29, 1.82) is 0 Å². The molecule has 0 saturated heterocycles. The van der Waals surface area contributed by atoms with Crippen LogP contribution in [0, 0.1) is 0 Å². The number of nitrogens with zero attached hydrogens (tertiary/aromatic N) is 2.